The predicted molar refractivity (Wildman–Crippen MR) is 117 cm³/mol. The molecule has 0 bridgehead atoms. The van der Waals surface area contributed by atoms with E-state index in [0.29, 0.717) is 25.8 Å². The lowest BCUT2D eigenvalue weighted by Gasteiger charge is -2.15. The van der Waals surface area contributed by atoms with E-state index in [1.54, 1.807) is 0 Å². The van der Waals surface area contributed by atoms with Gasteiger partial charge in [-0.1, -0.05) is 48.5 Å². The van der Waals surface area contributed by atoms with Gasteiger partial charge in [-0.2, -0.15) is 0 Å². The van der Waals surface area contributed by atoms with Gasteiger partial charge in [0.05, 0.1) is 12.0 Å². The van der Waals surface area contributed by atoms with Gasteiger partial charge in [0.25, 0.3) is 0 Å². The van der Waals surface area contributed by atoms with Gasteiger partial charge in [0, 0.05) is 18.4 Å². The van der Waals surface area contributed by atoms with Crippen LogP contribution in [0.5, 0.6) is 0 Å². The monoisotopic (exact) mass is 434 g/mol. The summed E-state index contributed by atoms with van der Waals surface area (Å²) in [5.41, 5.74) is 4.13. The molecule has 2 fully saturated rings. The molecule has 7 nitrogen and oxygen atoms in total. The molecule has 2 unspecified atom stereocenters. The molecule has 166 valence electrons. The molecule has 32 heavy (non-hydrogen) atoms. The first kappa shape index (κ1) is 20.5. The molecule has 0 saturated heterocycles. The van der Waals surface area contributed by atoms with Crippen molar-refractivity contribution in [3.63, 3.8) is 0 Å². The number of rotatable bonds is 8. The van der Waals surface area contributed by atoms with Gasteiger partial charge < -0.3 is 20.5 Å². The molecule has 0 radical (unpaired) electrons. The third-order valence-electron chi connectivity index (χ3n) is 6.84. The van der Waals surface area contributed by atoms with Crippen LogP contribution in [0, 0.1) is 11.8 Å². The molecule has 3 aliphatic carbocycles. The highest BCUT2D eigenvalue weighted by Crippen LogP contribution is 2.45. The molecule has 5 rings (SSSR count). The van der Waals surface area contributed by atoms with Crippen molar-refractivity contribution in [2.24, 2.45) is 11.8 Å². The van der Waals surface area contributed by atoms with Crippen LogP contribution in [-0.2, 0) is 14.3 Å². The van der Waals surface area contributed by atoms with Gasteiger partial charge in [-0.15, -0.1) is 0 Å². The van der Waals surface area contributed by atoms with Crippen LogP contribution < -0.4 is 10.6 Å². The van der Waals surface area contributed by atoms with Crippen LogP contribution in [0.15, 0.2) is 48.5 Å². The number of hydrogen-bond acceptors (Lipinski definition) is 4. The summed E-state index contributed by atoms with van der Waals surface area (Å²) in [4.78, 5) is 35.6. The molecule has 3 N–H and O–H groups in total. The first-order chi connectivity index (χ1) is 15.5. The maximum atomic E-state index is 12.4. The Labute approximate surface area is 186 Å². The summed E-state index contributed by atoms with van der Waals surface area (Å²) in [6.45, 7) is 0.632. The zero-order chi connectivity index (χ0) is 22.3. The van der Waals surface area contributed by atoms with Crippen LogP contribution in [0.3, 0.4) is 0 Å². The molecule has 0 heterocycles. The minimum atomic E-state index is -0.896. The van der Waals surface area contributed by atoms with Gasteiger partial charge in [0.1, 0.15) is 6.61 Å². The normalized spacial score (nSPS) is 21.8. The van der Waals surface area contributed by atoms with E-state index >= 15 is 0 Å². The Morgan fingerprint density at radius 1 is 1.00 bits per heavy atom. The molecule has 0 aliphatic heterocycles. The Balaban J connectivity index is 1.09. The van der Waals surface area contributed by atoms with E-state index in [9.17, 15) is 14.4 Å². The summed E-state index contributed by atoms with van der Waals surface area (Å²) in [6, 6.07) is 16.4. The molecule has 3 aliphatic rings. The lowest BCUT2D eigenvalue weighted by Crippen LogP contribution is -2.40. The second kappa shape index (κ2) is 7.97. The predicted octanol–water partition coefficient (Wildman–Crippen LogP) is 3.28. The minimum absolute atomic E-state index is 0.0107. The van der Waals surface area contributed by atoms with Crippen LogP contribution in [0.25, 0.3) is 11.1 Å². The molecule has 7 heteroatoms. The van der Waals surface area contributed by atoms with Crippen LogP contribution in [0.4, 0.5) is 4.79 Å². The van der Waals surface area contributed by atoms with Crippen LogP contribution in [0.1, 0.15) is 42.7 Å². The standard InChI is InChI=1S/C25H26N2O5/c28-22(29)12-25(9-10-25)27-23(30)20-11-15(20)13-26-24(31)32-14-21-18-7-3-1-5-16(18)17-6-2-4-8-19(17)21/h1-8,15,20-21H,9-14H2,(H,26,31)(H,27,30)(H,28,29). The van der Waals surface area contributed by atoms with Crippen molar-refractivity contribution in [3.8, 4) is 11.1 Å². The molecule has 2 amide bonds. The van der Waals surface area contributed by atoms with E-state index in [2.05, 4.69) is 34.9 Å². The topological polar surface area (TPSA) is 105 Å². The maximum absolute atomic E-state index is 12.4. The smallest absolute Gasteiger partial charge is 0.407 e. The summed E-state index contributed by atoms with van der Waals surface area (Å²) in [5.74, 6) is -1.10. The number of nitrogens with one attached hydrogen (secondary N) is 2. The van der Waals surface area contributed by atoms with Crippen molar-refractivity contribution in [1.82, 2.24) is 10.6 Å². The van der Waals surface area contributed by atoms with Crippen molar-refractivity contribution in [2.75, 3.05) is 13.2 Å². The largest absolute Gasteiger partial charge is 0.481 e. The number of benzene rings is 2. The van der Waals surface area contributed by atoms with E-state index in [1.807, 2.05) is 24.3 Å². The van der Waals surface area contributed by atoms with E-state index in [0.717, 1.165) is 11.1 Å². The number of alkyl carbamates (subject to hydrolysis) is 1. The Kier molecular flexibility index (Phi) is 5.12. The highest BCUT2D eigenvalue weighted by molar-refractivity contribution is 5.84. The van der Waals surface area contributed by atoms with E-state index < -0.39 is 17.6 Å². The molecule has 2 saturated carbocycles. The minimum Gasteiger partial charge on any atom is -0.481 e. The Hall–Kier alpha value is -3.35. The van der Waals surface area contributed by atoms with Crippen molar-refractivity contribution in [2.45, 2.75) is 37.1 Å². The number of hydrogen-bond donors (Lipinski definition) is 3. The van der Waals surface area contributed by atoms with Crippen LogP contribution >= 0.6 is 0 Å². The number of fused-ring (bicyclic) bond motifs is 3. The molecule has 2 atom stereocenters. The molecular weight excluding hydrogens is 408 g/mol. The summed E-state index contributed by atoms with van der Waals surface area (Å²) in [6.07, 6.45) is 1.59. The summed E-state index contributed by atoms with van der Waals surface area (Å²) < 4.78 is 5.53. The SMILES string of the molecule is O=C(O)CC1(NC(=O)C2CC2CNC(=O)OCC2c3ccccc3-c3ccccc32)CC1. The number of carbonyl (C=O) groups excluding carboxylic acids is 2. The molecular formula is C25H26N2O5. The van der Waals surface area contributed by atoms with E-state index in [1.165, 1.54) is 11.1 Å². The number of carboxylic acids is 1. The van der Waals surface area contributed by atoms with Crippen molar-refractivity contribution in [3.05, 3.63) is 59.7 Å². The van der Waals surface area contributed by atoms with Crippen molar-refractivity contribution < 1.29 is 24.2 Å². The fourth-order valence-corrected chi connectivity index (χ4v) is 4.80. The summed E-state index contributed by atoms with van der Waals surface area (Å²) >= 11 is 0. The second-order valence-electron chi connectivity index (χ2n) is 9.15. The average molecular weight is 434 g/mol. The first-order valence-corrected chi connectivity index (χ1v) is 11.1. The number of carboxylic acid groups (broad SMARTS) is 1. The van der Waals surface area contributed by atoms with Crippen LogP contribution in [0.2, 0.25) is 0 Å². The lowest BCUT2D eigenvalue weighted by molar-refractivity contribution is -0.138. The summed E-state index contributed by atoms with van der Waals surface area (Å²) in [7, 11) is 0. The zero-order valence-electron chi connectivity index (χ0n) is 17.7. The molecule has 2 aromatic rings. The highest BCUT2D eigenvalue weighted by Gasteiger charge is 2.50. The zero-order valence-corrected chi connectivity index (χ0v) is 17.7. The Morgan fingerprint density at radius 2 is 1.62 bits per heavy atom. The van der Waals surface area contributed by atoms with E-state index in [4.69, 9.17) is 9.84 Å². The molecule has 2 aromatic carbocycles. The van der Waals surface area contributed by atoms with Crippen molar-refractivity contribution in [1.29, 1.82) is 0 Å². The third-order valence-corrected chi connectivity index (χ3v) is 6.84. The quantitative estimate of drug-likeness (QED) is 0.591. The average Bonchev–Trinajstić information content (AvgIpc) is 3.69. The van der Waals surface area contributed by atoms with Crippen molar-refractivity contribution >= 4 is 18.0 Å². The van der Waals surface area contributed by atoms with Crippen LogP contribution in [-0.4, -0.2) is 41.8 Å². The van der Waals surface area contributed by atoms with Gasteiger partial charge in [0.2, 0.25) is 5.91 Å². The van der Waals surface area contributed by atoms with Gasteiger partial charge in [-0.05, 0) is 47.4 Å². The molecule has 0 spiro atoms. The number of amides is 2. The van der Waals surface area contributed by atoms with Gasteiger partial charge in [0.15, 0.2) is 0 Å². The number of carbonyl (C=O) groups is 3. The van der Waals surface area contributed by atoms with Gasteiger partial charge in [-0.3, -0.25) is 9.59 Å². The maximum Gasteiger partial charge on any atom is 0.407 e. The fourth-order valence-electron chi connectivity index (χ4n) is 4.80. The first-order valence-electron chi connectivity index (χ1n) is 11.1. The second-order valence-corrected chi connectivity index (χ2v) is 9.15. The Bertz CT molecular complexity index is 1030. The number of ether oxygens (including phenoxy) is 1. The number of aliphatic carboxylic acids is 1. The summed E-state index contributed by atoms with van der Waals surface area (Å²) in [5, 5.41) is 14.7. The van der Waals surface area contributed by atoms with Gasteiger partial charge in [-0.25, -0.2) is 4.79 Å². The third kappa shape index (κ3) is 4.07. The molecule has 0 aromatic heterocycles. The fraction of sp³-hybridized carbons (Fsp3) is 0.400. The highest BCUT2D eigenvalue weighted by atomic mass is 16.5. The van der Waals surface area contributed by atoms with Gasteiger partial charge >= 0.3 is 12.1 Å². The van der Waals surface area contributed by atoms with E-state index in [-0.39, 0.29) is 36.7 Å². The lowest BCUT2D eigenvalue weighted by atomic mass is 9.98. The Morgan fingerprint density at radius 3 is 2.22 bits per heavy atom.